The molecule has 0 atom stereocenters. The van der Waals surface area contributed by atoms with Crippen molar-refractivity contribution in [3.63, 3.8) is 0 Å². The number of benzene rings is 4. The number of rotatable bonds is 8. The molecule has 5 heteroatoms. The molecular formula is C30H22N2O2S. The molecule has 0 radical (unpaired) electrons. The molecule has 4 nitrogen and oxygen atoms in total. The molecule has 0 heterocycles. The van der Waals surface area contributed by atoms with Crippen LogP contribution in [-0.4, -0.2) is 10.8 Å². The maximum absolute atomic E-state index is 12.3. The summed E-state index contributed by atoms with van der Waals surface area (Å²) >= 11 is 0.989. The van der Waals surface area contributed by atoms with Crippen LogP contribution >= 0.6 is 11.8 Å². The summed E-state index contributed by atoms with van der Waals surface area (Å²) in [5.74, 6) is 0. The van der Waals surface area contributed by atoms with Crippen LogP contribution in [0.15, 0.2) is 138 Å². The van der Waals surface area contributed by atoms with Gasteiger partial charge in [0.25, 0.3) is 0 Å². The Balaban J connectivity index is 1.70. The zero-order valence-electron chi connectivity index (χ0n) is 18.8. The van der Waals surface area contributed by atoms with E-state index in [1.54, 1.807) is 17.5 Å². The van der Waals surface area contributed by atoms with E-state index in [1.165, 1.54) is 6.08 Å². The van der Waals surface area contributed by atoms with E-state index >= 15 is 0 Å². The first-order valence-electron chi connectivity index (χ1n) is 11.0. The number of hydrogen-bond acceptors (Lipinski definition) is 5. The third-order valence-electron chi connectivity index (χ3n) is 5.35. The third kappa shape index (κ3) is 5.57. The van der Waals surface area contributed by atoms with Crippen LogP contribution in [0, 0.1) is 11.3 Å². The van der Waals surface area contributed by atoms with Crippen LogP contribution in [0.25, 0.3) is 0 Å². The van der Waals surface area contributed by atoms with Crippen LogP contribution in [-0.2, 0) is 10.4 Å². The third-order valence-corrected chi connectivity index (χ3v) is 6.07. The topological polar surface area (TPSA) is 62.5 Å². The smallest absolute Gasteiger partial charge is 0.223 e. The van der Waals surface area contributed by atoms with Gasteiger partial charge in [-0.15, -0.1) is 0 Å². The second-order valence-electron chi connectivity index (χ2n) is 7.53. The van der Waals surface area contributed by atoms with Crippen LogP contribution in [0.3, 0.4) is 0 Å². The van der Waals surface area contributed by atoms with Crippen LogP contribution in [0.2, 0.25) is 0 Å². The van der Waals surface area contributed by atoms with Crippen LogP contribution in [0.4, 0.5) is 0 Å². The van der Waals surface area contributed by atoms with E-state index in [9.17, 15) is 10.1 Å². The lowest BCUT2D eigenvalue weighted by molar-refractivity contribution is 0.0177. The molecule has 4 aromatic carbocycles. The van der Waals surface area contributed by atoms with E-state index in [4.69, 9.17) is 4.84 Å². The molecule has 0 bridgehead atoms. The summed E-state index contributed by atoms with van der Waals surface area (Å²) in [7, 11) is 0. The van der Waals surface area contributed by atoms with Crippen molar-refractivity contribution in [2.24, 2.45) is 5.16 Å². The molecule has 4 rings (SSSR count). The van der Waals surface area contributed by atoms with Crippen LogP contribution < -0.4 is 0 Å². The van der Waals surface area contributed by atoms with E-state index < -0.39 is 5.60 Å². The number of allylic oxidation sites excluding steroid dienone is 1. The monoisotopic (exact) mass is 474 g/mol. The number of carbonyl (C=O) groups is 1. The summed E-state index contributed by atoms with van der Waals surface area (Å²) in [4.78, 5) is 18.6. The molecule has 0 saturated carbocycles. The van der Waals surface area contributed by atoms with Crippen molar-refractivity contribution < 1.29 is 9.63 Å². The van der Waals surface area contributed by atoms with E-state index in [-0.39, 0.29) is 10.8 Å². The second-order valence-corrected chi connectivity index (χ2v) is 8.41. The van der Waals surface area contributed by atoms with E-state index in [1.807, 2.05) is 109 Å². The van der Waals surface area contributed by atoms with E-state index in [0.29, 0.717) is 5.56 Å². The number of hydrogen-bond donors (Lipinski definition) is 0. The van der Waals surface area contributed by atoms with Crippen molar-refractivity contribution in [1.29, 1.82) is 5.26 Å². The van der Waals surface area contributed by atoms with Crippen molar-refractivity contribution in [1.82, 2.24) is 0 Å². The maximum atomic E-state index is 12.3. The van der Waals surface area contributed by atoms with Gasteiger partial charge >= 0.3 is 0 Å². The molecule has 0 aliphatic carbocycles. The van der Waals surface area contributed by atoms with Crippen molar-refractivity contribution in [2.75, 3.05) is 0 Å². The molecule has 0 spiro atoms. The fourth-order valence-electron chi connectivity index (χ4n) is 3.68. The highest BCUT2D eigenvalue weighted by atomic mass is 32.2. The number of carbonyl (C=O) groups excluding carboxylic acids is 1. The predicted molar refractivity (Wildman–Crippen MR) is 141 cm³/mol. The molecule has 0 aliphatic rings. The van der Waals surface area contributed by atoms with Gasteiger partial charge in [0.1, 0.15) is 6.07 Å². The van der Waals surface area contributed by atoms with Gasteiger partial charge in [-0.05, 0) is 11.5 Å². The van der Waals surface area contributed by atoms with Gasteiger partial charge in [-0.25, -0.2) is 0 Å². The molecule has 170 valence electrons. The molecule has 0 unspecified atom stereocenters. The fourth-order valence-corrected chi connectivity index (χ4v) is 4.28. The first-order chi connectivity index (χ1) is 17.2. The summed E-state index contributed by atoms with van der Waals surface area (Å²) in [6.45, 7) is 0. The standard InChI is InChI=1S/C30H22N2O2S/c31-23-28(21-22-35-29(33)24-13-5-1-6-14-24)32-34-30(25-15-7-2-8-16-25,26-17-9-3-10-18-26)27-19-11-4-12-20-27/h1-22H/b22-21-,32-28-. The predicted octanol–water partition coefficient (Wildman–Crippen LogP) is 6.96. The molecule has 35 heavy (non-hydrogen) atoms. The molecular weight excluding hydrogens is 452 g/mol. The lowest BCUT2D eigenvalue weighted by atomic mass is 9.80. The Morgan fingerprint density at radius 2 is 1.17 bits per heavy atom. The Labute approximate surface area is 209 Å². The van der Waals surface area contributed by atoms with Crippen molar-refractivity contribution in [3.8, 4) is 6.07 Å². The number of nitrogens with zero attached hydrogens (tertiary/aromatic N) is 2. The molecule has 0 aliphatic heterocycles. The Kier molecular flexibility index (Phi) is 7.90. The van der Waals surface area contributed by atoms with Crippen LogP contribution in [0.5, 0.6) is 0 Å². The summed E-state index contributed by atoms with van der Waals surface area (Å²) in [5, 5.41) is 15.4. The van der Waals surface area contributed by atoms with Gasteiger partial charge in [0.05, 0.1) is 0 Å². The molecule has 0 saturated heterocycles. The molecule has 4 aromatic rings. The number of nitriles is 1. The summed E-state index contributed by atoms with van der Waals surface area (Å²) < 4.78 is 0. The maximum Gasteiger partial charge on any atom is 0.223 e. The zero-order chi connectivity index (χ0) is 24.3. The Morgan fingerprint density at radius 1 is 0.743 bits per heavy atom. The molecule has 0 amide bonds. The average Bonchev–Trinajstić information content (AvgIpc) is 2.94. The lowest BCUT2D eigenvalue weighted by Crippen LogP contribution is -2.31. The van der Waals surface area contributed by atoms with Gasteiger partial charge in [0.2, 0.25) is 10.7 Å². The summed E-state index contributed by atoms with van der Waals surface area (Å²) in [6.07, 6.45) is 1.48. The second kappa shape index (κ2) is 11.6. The van der Waals surface area contributed by atoms with Crippen molar-refractivity contribution in [3.05, 3.63) is 155 Å². The van der Waals surface area contributed by atoms with Crippen molar-refractivity contribution >= 4 is 22.6 Å². The lowest BCUT2D eigenvalue weighted by Gasteiger charge is -2.33. The van der Waals surface area contributed by atoms with Gasteiger partial charge in [-0.1, -0.05) is 138 Å². The molecule has 0 N–H and O–H groups in total. The van der Waals surface area contributed by atoms with Gasteiger partial charge in [0, 0.05) is 22.3 Å². The minimum Gasteiger partial charge on any atom is -0.373 e. The summed E-state index contributed by atoms with van der Waals surface area (Å²) in [5.41, 5.74) is 2.17. The quantitative estimate of drug-likeness (QED) is 0.157. The minimum atomic E-state index is -1.08. The average molecular weight is 475 g/mol. The van der Waals surface area contributed by atoms with Gasteiger partial charge in [-0.3, -0.25) is 4.79 Å². The summed E-state index contributed by atoms with van der Waals surface area (Å²) in [6, 6.07) is 40.4. The SMILES string of the molecule is N#CC(/C=C\SC(=O)c1ccccc1)=N\OC(c1ccccc1)(c1ccccc1)c1ccccc1. The van der Waals surface area contributed by atoms with Crippen molar-refractivity contribution in [2.45, 2.75) is 5.60 Å². The first-order valence-corrected chi connectivity index (χ1v) is 11.9. The fraction of sp³-hybridized carbons (Fsp3) is 0.0333. The molecule has 0 aromatic heterocycles. The Morgan fingerprint density at radius 3 is 1.60 bits per heavy atom. The van der Waals surface area contributed by atoms with E-state index in [0.717, 1.165) is 28.5 Å². The van der Waals surface area contributed by atoms with Crippen LogP contribution in [0.1, 0.15) is 27.0 Å². The first kappa shape index (κ1) is 23.7. The van der Waals surface area contributed by atoms with Gasteiger partial charge < -0.3 is 4.84 Å². The van der Waals surface area contributed by atoms with Gasteiger partial charge in [0.15, 0.2) is 5.71 Å². The Bertz CT molecular complexity index is 1250. The van der Waals surface area contributed by atoms with E-state index in [2.05, 4.69) is 11.2 Å². The number of thioether (sulfide) groups is 1. The largest absolute Gasteiger partial charge is 0.373 e. The normalized spacial score (nSPS) is 11.7. The number of oxime groups is 1. The highest BCUT2D eigenvalue weighted by molar-refractivity contribution is 8.16. The Hall–Kier alpha value is -4.40. The highest BCUT2D eigenvalue weighted by Crippen LogP contribution is 2.40. The minimum absolute atomic E-state index is 0.0468. The highest BCUT2D eigenvalue weighted by Gasteiger charge is 2.39. The zero-order valence-corrected chi connectivity index (χ0v) is 19.6. The molecule has 0 fully saturated rings. The van der Waals surface area contributed by atoms with Gasteiger partial charge in [-0.2, -0.15) is 5.26 Å².